The van der Waals surface area contributed by atoms with Gasteiger partial charge in [0.1, 0.15) is 0 Å². The Hall–Kier alpha value is -2.86. The number of allylic oxidation sites excluding steroid dienone is 4. The van der Waals surface area contributed by atoms with Crippen molar-refractivity contribution in [2.45, 2.75) is 25.2 Å². The number of hydrogen-bond acceptors (Lipinski definition) is 0. The standard InChI is InChI=1S/C26H22/c1-19-16-17-23-22-14-8-9-15-24(22)26(25(23)18-19,20-10-4-2-5-11-20)21-12-6-3-7-13-21/h2-7,10-18H,8-9H2,1H3. The van der Waals surface area contributed by atoms with Gasteiger partial charge in [-0.05, 0) is 53.2 Å². The van der Waals surface area contributed by atoms with E-state index >= 15 is 0 Å². The van der Waals surface area contributed by atoms with E-state index in [1.165, 1.54) is 39.0 Å². The van der Waals surface area contributed by atoms with Gasteiger partial charge >= 0.3 is 0 Å². The van der Waals surface area contributed by atoms with Crippen LogP contribution in [0.5, 0.6) is 0 Å². The number of fused-ring (bicyclic) bond motifs is 3. The van der Waals surface area contributed by atoms with Gasteiger partial charge in [-0.1, -0.05) is 96.6 Å². The summed E-state index contributed by atoms with van der Waals surface area (Å²) in [6.07, 6.45) is 7.17. The molecule has 0 radical (unpaired) electrons. The second-order valence-electron chi connectivity index (χ2n) is 7.34. The minimum atomic E-state index is -0.212. The molecule has 126 valence electrons. The molecule has 0 aromatic heterocycles. The monoisotopic (exact) mass is 334 g/mol. The molecule has 0 saturated carbocycles. The zero-order valence-electron chi connectivity index (χ0n) is 15.1. The third-order valence-electron chi connectivity index (χ3n) is 5.84. The van der Waals surface area contributed by atoms with Crippen molar-refractivity contribution in [3.63, 3.8) is 0 Å². The lowest BCUT2D eigenvalue weighted by atomic mass is 9.66. The molecule has 0 heteroatoms. The SMILES string of the molecule is Cc1ccc2c(c1)C(c1ccccc1)(c1ccccc1)C1=CCCC=C12. The summed E-state index contributed by atoms with van der Waals surface area (Å²) in [5.74, 6) is 0. The van der Waals surface area contributed by atoms with Gasteiger partial charge in [0, 0.05) is 0 Å². The Morgan fingerprint density at radius 1 is 0.692 bits per heavy atom. The molecule has 0 fully saturated rings. The van der Waals surface area contributed by atoms with E-state index in [0.29, 0.717) is 0 Å². The van der Waals surface area contributed by atoms with Crippen LogP contribution in [-0.2, 0) is 5.41 Å². The van der Waals surface area contributed by atoms with Crippen LogP contribution in [-0.4, -0.2) is 0 Å². The summed E-state index contributed by atoms with van der Waals surface area (Å²) in [6, 6.07) is 29.0. The third-order valence-corrected chi connectivity index (χ3v) is 5.84. The fraction of sp³-hybridized carbons (Fsp3) is 0.154. The van der Waals surface area contributed by atoms with E-state index in [2.05, 4.69) is 97.9 Å². The number of rotatable bonds is 2. The fourth-order valence-corrected chi connectivity index (χ4v) is 4.80. The van der Waals surface area contributed by atoms with Crippen LogP contribution in [0.1, 0.15) is 40.7 Å². The highest BCUT2D eigenvalue weighted by Gasteiger charge is 2.48. The van der Waals surface area contributed by atoms with Crippen LogP contribution in [0, 0.1) is 6.92 Å². The summed E-state index contributed by atoms with van der Waals surface area (Å²) in [6.45, 7) is 2.20. The molecule has 26 heavy (non-hydrogen) atoms. The average molecular weight is 334 g/mol. The Kier molecular flexibility index (Phi) is 3.46. The van der Waals surface area contributed by atoms with Gasteiger partial charge < -0.3 is 0 Å². The second kappa shape index (κ2) is 5.85. The van der Waals surface area contributed by atoms with E-state index in [1.807, 2.05) is 0 Å². The predicted octanol–water partition coefficient (Wildman–Crippen LogP) is 6.45. The molecule has 2 aliphatic carbocycles. The Balaban J connectivity index is 1.95. The van der Waals surface area contributed by atoms with Crippen molar-refractivity contribution in [1.82, 2.24) is 0 Å². The smallest absolute Gasteiger partial charge is 0.0710 e. The van der Waals surface area contributed by atoms with E-state index in [9.17, 15) is 0 Å². The maximum Gasteiger partial charge on any atom is 0.0710 e. The Labute approximate surface area is 155 Å². The van der Waals surface area contributed by atoms with Gasteiger partial charge in [0.05, 0.1) is 5.41 Å². The quantitative estimate of drug-likeness (QED) is 0.505. The van der Waals surface area contributed by atoms with Gasteiger partial charge in [-0.25, -0.2) is 0 Å². The highest BCUT2D eigenvalue weighted by atomic mass is 14.5. The van der Waals surface area contributed by atoms with Crippen molar-refractivity contribution >= 4 is 5.57 Å². The molecule has 0 bridgehead atoms. The zero-order chi connectivity index (χ0) is 17.6. The van der Waals surface area contributed by atoms with Crippen LogP contribution in [0.2, 0.25) is 0 Å². The first kappa shape index (κ1) is 15.4. The summed E-state index contributed by atoms with van der Waals surface area (Å²) < 4.78 is 0. The molecule has 0 nitrogen and oxygen atoms in total. The van der Waals surface area contributed by atoms with E-state index in [0.717, 1.165) is 12.8 Å². The van der Waals surface area contributed by atoms with Crippen LogP contribution in [0.25, 0.3) is 5.57 Å². The lowest BCUT2D eigenvalue weighted by Crippen LogP contribution is -2.29. The fourth-order valence-electron chi connectivity index (χ4n) is 4.80. The molecule has 0 unspecified atom stereocenters. The van der Waals surface area contributed by atoms with E-state index in [-0.39, 0.29) is 5.41 Å². The second-order valence-corrected chi connectivity index (χ2v) is 7.34. The number of aryl methyl sites for hydroxylation is 1. The van der Waals surface area contributed by atoms with Crippen molar-refractivity contribution < 1.29 is 0 Å². The highest BCUT2D eigenvalue weighted by Crippen LogP contribution is 2.58. The molecule has 2 aliphatic rings. The molecule has 0 atom stereocenters. The van der Waals surface area contributed by atoms with Gasteiger partial charge in [0.2, 0.25) is 0 Å². The van der Waals surface area contributed by atoms with Crippen molar-refractivity contribution in [3.8, 4) is 0 Å². The summed E-state index contributed by atoms with van der Waals surface area (Å²) in [5, 5.41) is 0. The Morgan fingerprint density at radius 3 is 1.96 bits per heavy atom. The Morgan fingerprint density at radius 2 is 1.31 bits per heavy atom. The Bertz CT molecular complexity index is 981. The van der Waals surface area contributed by atoms with Crippen LogP contribution >= 0.6 is 0 Å². The first-order valence-electron chi connectivity index (χ1n) is 9.45. The maximum absolute atomic E-state index is 2.48. The number of hydrogen-bond donors (Lipinski definition) is 0. The lowest BCUT2D eigenvalue weighted by Gasteiger charge is -2.35. The third kappa shape index (κ3) is 2.02. The van der Waals surface area contributed by atoms with E-state index in [1.54, 1.807) is 0 Å². The highest BCUT2D eigenvalue weighted by molar-refractivity contribution is 5.94. The largest absolute Gasteiger partial charge is 0.0788 e. The van der Waals surface area contributed by atoms with E-state index < -0.39 is 0 Å². The minimum Gasteiger partial charge on any atom is -0.0788 e. The molecule has 0 aliphatic heterocycles. The molecule has 0 saturated heterocycles. The summed E-state index contributed by atoms with van der Waals surface area (Å²) in [4.78, 5) is 0. The van der Waals surface area contributed by atoms with Crippen molar-refractivity contribution in [2.24, 2.45) is 0 Å². The van der Waals surface area contributed by atoms with Crippen LogP contribution in [0.4, 0.5) is 0 Å². The van der Waals surface area contributed by atoms with Gasteiger partial charge in [-0.3, -0.25) is 0 Å². The van der Waals surface area contributed by atoms with Gasteiger partial charge in [-0.2, -0.15) is 0 Å². The van der Waals surface area contributed by atoms with Gasteiger partial charge in [0.15, 0.2) is 0 Å². The molecular weight excluding hydrogens is 312 g/mol. The topological polar surface area (TPSA) is 0 Å². The lowest BCUT2D eigenvalue weighted by molar-refractivity contribution is 0.758. The summed E-state index contributed by atoms with van der Waals surface area (Å²) in [5.41, 5.74) is 9.53. The normalized spacial score (nSPS) is 17.1. The number of benzene rings is 3. The molecule has 3 aromatic rings. The summed E-state index contributed by atoms with van der Waals surface area (Å²) >= 11 is 0. The van der Waals surface area contributed by atoms with Gasteiger partial charge in [-0.15, -0.1) is 0 Å². The van der Waals surface area contributed by atoms with Crippen molar-refractivity contribution in [2.75, 3.05) is 0 Å². The first-order chi connectivity index (χ1) is 12.8. The molecule has 5 rings (SSSR count). The molecule has 0 spiro atoms. The van der Waals surface area contributed by atoms with Crippen LogP contribution < -0.4 is 0 Å². The van der Waals surface area contributed by atoms with Crippen LogP contribution in [0.3, 0.4) is 0 Å². The molecule has 0 amide bonds. The maximum atomic E-state index is 2.48. The minimum absolute atomic E-state index is 0.212. The average Bonchev–Trinajstić information content (AvgIpc) is 3.00. The molecule has 0 N–H and O–H groups in total. The molecular formula is C26H22. The zero-order valence-corrected chi connectivity index (χ0v) is 15.1. The predicted molar refractivity (Wildman–Crippen MR) is 109 cm³/mol. The summed E-state index contributed by atoms with van der Waals surface area (Å²) in [7, 11) is 0. The van der Waals surface area contributed by atoms with Crippen molar-refractivity contribution in [3.05, 3.63) is 124 Å². The molecule has 0 heterocycles. The van der Waals surface area contributed by atoms with Gasteiger partial charge in [0.25, 0.3) is 0 Å². The van der Waals surface area contributed by atoms with Crippen LogP contribution in [0.15, 0.2) is 96.6 Å². The molecule has 3 aromatic carbocycles. The van der Waals surface area contributed by atoms with E-state index in [4.69, 9.17) is 0 Å². The first-order valence-corrected chi connectivity index (χ1v) is 9.45. The van der Waals surface area contributed by atoms with Crippen molar-refractivity contribution in [1.29, 1.82) is 0 Å².